The molecule has 0 fully saturated rings. The lowest BCUT2D eigenvalue weighted by molar-refractivity contribution is -0.138. The zero-order chi connectivity index (χ0) is 16.9. The molecule has 1 rings (SSSR count). The highest BCUT2D eigenvalue weighted by Crippen LogP contribution is 2.17. The van der Waals surface area contributed by atoms with Crippen LogP contribution in [0.2, 0.25) is 0 Å². The highest BCUT2D eigenvalue weighted by atomic mass is 16.4. The topological polar surface area (TPSA) is 120 Å². The summed E-state index contributed by atoms with van der Waals surface area (Å²) in [5.41, 5.74) is 0.301. The molecule has 122 valence electrons. The maximum absolute atomic E-state index is 11.7. The van der Waals surface area contributed by atoms with E-state index in [0.717, 1.165) is 0 Å². The number of carbonyl (C=O) groups is 2. The summed E-state index contributed by atoms with van der Waals surface area (Å²) in [5, 5.41) is 27.4. The summed E-state index contributed by atoms with van der Waals surface area (Å²) < 4.78 is 1.57. The monoisotopic (exact) mass is 312 g/mol. The van der Waals surface area contributed by atoms with Crippen molar-refractivity contribution in [1.29, 1.82) is 0 Å². The lowest BCUT2D eigenvalue weighted by Crippen LogP contribution is -2.26. The SMILES string of the molecule is Cc1cc(=O)c(O)c(CN(C)CCC(=O)O)n1CCC(=O)O. The average Bonchev–Trinajstić information content (AvgIpc) is 2.41. The summed E-state index contributed by atoms with van der Waals surface area (Å²) in [5.74, 6) is -2.36. The first kappa shape index (κ1) is 17.7. The standard InChI is InChI=1S/C14H20N2O6/c1-9-7-11(17)14(22)10(16(9)6-4-13(20)21)8-15(2)5-3-12(18)19/h7,22H,3-6,8H2,1-2H3,(H,18,19)(H,20,21). The van der Waals surface area contributed by atoms with Gasteiger partial charge in [0.15, 0.2) is 5.75 Å². The van der Waals surface area contributed by atoms with Crippen LogP contribution >= 0.6 is 0 Å². The van der Waals surface area contributed by atoms with Gasteiger partial charge in [-0.1, -0.05) is 0 Å². The van der Waals surface area contributed by atoms with Gasteiger partial charge in [0.1, 0.15) is 0 Å². The van der Waals surface area contributed by atoms with E-state index in [1.54, 1.807) is 23.4 Å². The van der Waals surface area contributed by atoms with E-state index >= 15 is 0 Å². The number of hydrogen-bond acceptors (Lipinski definition) is 5. The molecule has 0 aliphatic heterocycles. The smallest absolute Gasteiger partial charge is 0.305 e. The largest absolute Gasteiger partial charge is 0.503 e. The number of aryl methyl sites for hydroxylation is 1. The molecule has 0 aliphatic carbocycles. The molecule has 22 heavy (non-hydrogen) atoms. The van der Waals surface area contributed by atoms with E-state index in [1.807, 2.05) is 0 Å². The third kappa shape index (κ3) is 4.88. The van der Waals surface area contributed by atoms with Crippen molar-refractivity contribution in [3.8, 4) is 5.75 Å². The van der Waals surface area contributed by atoms with Crippen molar-refractivity contribution in [2.75, 3.05) is 13.6 Å². The third-order valence-corrected chi connectivity index (χ3v) is 3.27. The Hall–Kier alpha value is -2.35. The zero-order valence-corrected chi connectivity index (χ0v) is 12.6. The van der Waals surface area contributed by atoms with Gasteiger partial charge in [-0.15, -0.1) is 0 Å². The van der Waals surface area contributed by atoms with E-state index in [1.165, 1.54) is 6.07 Å². The second-order valence-electron chi connectivity index (χ2n) is 5.12. The summed E-state index contributed by atoms with van der Waals surface area (Å²) in [6.07, 6.45) is -0.211. The molecule has 0 aliphatic rings. The van der Waals surface area contributed by atoms with Crippen LogP contribution in [-0.4, -0.2) is 50.3 Å². The molecule has 1 aromatic heterocycles. The molecule has 0 saturated heterocycles. The van der Waals surface area contributed by atoms with Gasteiger partial charge in [-0.25, -0.2) is 0 Å². The van der Waals surface area contributed by atoms with Crippen LogP contribution in [0.1, 0.15) is 24.2 Å². The minimum atomic E-state index is -0.984. The second-order valence-corrected chi connectivity index (χ2v) is 5.12. The molecule has 8 nitrogen and oxygen atoms in total. The van der Waals surface area contributed by atoms with Crippen molar-refractivity contribution < 1.29 is 24.9 Å². The predicted molar refractivity (Wildman–Crippen MR) is 77.9 cm³/mol. The lowest BCUT2D eigenvalue weighted by atomic mass is 10.2. The van der Waals surface area contributed by atoms with E-state index in [4.69, 9.17) is 10.2 Å². The molecule has 0 unspecified atom stereocenters. The first-order valence-corrected chi connectivity index (χ1v) is 6.76. The van der Waals surface area contributed by atoms with Gasteiger partial charge in [0.25, 0.3) is 0 Å². The van der Waals surface area contributed by atoms with Crippen LogP contribution in [0.15, 0.2) is 10.9 Å². The number of pyridine rings is 1. The molecule has 8 heteroatoms. The maximum atomic E-state index is 11.7. The van der Waals surface area contributed by atoms with Crippen LogP contribution in [0.5, 0.6) is 5.75 Å². The number of hydrogen-bond donors (Lipinski definition) is 3. The number of aromatic hydroxyl groups is 1. The van der Waals surface area contributed by atoms with E-state index < -0.39 is 23.1 Å². The van der Waals surface area contributed by atoms with E-state index in [2.05, 4.69) is 0 Å². The molecule has 0 aromatic carbocycles. The lowest BCUT2D eigenvalue weighted by Gasteiger charge is -2.22. The van der Waals surface area contributed by atoms with Crippen molar-refractivity contribution in [2.45, 2.75) is 32.9 Å². The Kier molecular flexibility index (Phi) is 6.11. The molecular weight excluding hydrogens is 292 g/mol. The molecule has 1 aromatic rings. The molecule has 0 saturated carbocycles. The zero-order valence-electron chi connectivity index (χ0n) is 12.6. The summed E-state index contributed by atoms with van der Waals surface area (Å²) in [7, 11) is 1.66. The summed E-state index contributed by atoms with van der Waals surface area (Å²) in [6, 6.07) is 1.25. The molecular formula is C14H20N2O6. The van der Waals surface area contributed by atoms with Gasteiger partial charge in [-0.3, -0.25) is 19.3 Å². The normalized spacial score (nSPS) is 10.9. The molecule has 3 N–H and O–H groups in total. The average molecular weight is 312 g/mol. The third-order valence-electron chi connectivity index (χ3n) is 3.27. The first-order valence-electron chi connectivity index (χ1n) is 6.76. The van der Waals surface area contributed by atoms with Gasteiger partial charge in [-0.05, 0) is 14.0 Å². The summed E-state index contributed by atoms with van der Waals surface area (Å²) >= 11 is 0. The van der Waals surface area contributed by atoms with E-state index in [0.29, 0.717) is 11.4 Å². The first-order chi connectivity index (χ1) is 10.2. The molecule has 0 radical (unpaired) electrons. The predicted octanol–water partition coefficient (Wildman–Crippen LogP) is 0.244. The number of rotatable bonds is 8. The Labute approximate surface area is 127 Å². The van der Waals surface area contributed by atoms with Crippen molar-refractivity contribution in [1.82, 2.24) is 9.47 Å². The Morgan fingerprint density at radius 2 is 1.82 bits per heavy atom. The van der Waals surface area contributed by atoms with Crippen molar-refractivity contribution in [3.05, 3.63) is 27.7 Å². The fraction of sp³-hybridized carbons (Fsp3) is 0.500. The Balaban J connectivity index is 3.06. The summed E-state index contributed by atoms with van der Waals surface area (Å²) in [4.78, 5) is 34.7. The minimum Gasteiger partial charge on any atom is -0.503 e. The van der Waals surface area contributed by atoms with Crippen LogP contribution in [0, 0.1) is 6.92 Å². The van der Waals surface area contributed by atoms with Crippen LogP contribution in [-0.2, 0) is 22.7 Å². The second kappa shape index (κ2) is 7.60. The molecule has 1 heterocycles. The summed E-state index contributed by atoms with van der Waals surface area (Å²) in [6.45, 7) is 2.17. The fourth-order valence-corrected chi connectivity index (χ4v) is 2.12. The maximum Gasteiger partial charge on any atom is 0.305 e. The number of carboxylic acids is 2. The van der Waals surface area contributed by atoms with Gasteiger partial charge in [-0.2, -0.15) is 0 Å². The minimum absolute atomic E-state index is 0.0670. The molecule has 0 atom stereocenters. The molecule has 0 spiro atoms. The van der Waals surface area contributed by atoms with Crippen molar-refractivity contribution >= 4 is 11.9 Å². The van der Waals surface area contributed by atoms with E-state index in [-0.39, 0.29) is 32.5 Å². The Morgan fingerprint density at radius 3 is 2.36 bits per heavy atom. The molecule has 0 bridgehead atoms. The number of nitrogens with zero attached hydrogens (tertiary/aromatic N) is 2. The van der Waals surface area contributed by atoms with Crippen LogP contribution in [0.3, 0.4) is 0 Å². The van der Waals surface area contributed by atoms with Crippen LogP contribution < -0.4 is 5.43 Å². The van der Waals surface area contributed by atoms with Crippen molar-refractivity contribution in [2.24, 2.45) is 0 Å². The van der Waals surface area contributed by atoms with Gasteiger partial charge in [0.05, 0.1) is 18.5 Å². The van der Waals surface area contributed by atoms with Crippen LogP contribution in [0.25, 0.3) is 0 Å². The van der Waals surface area contributed by atoms with Gasteiger partial charge in [0.2, 0.25) is 5.43 Å². The Bertz CT molecular complexity index is 622. The fourth-order valence-electron chi connectivity index (χ4n) is 2.12. The van der Waals surface area contributed by atoms with E-state index in [9.17, 15) is 19.5 Å². The van der Waals surface area contributed by atoms with Gasteiger partial charge < -0.3 is 19.9 Å². The highest BCUT2D eigenvalue weighted by molar-refractivity contribution is 5.67. The quantitative estimate of drug-likeness (QED) is 0.629. The molecule has 0 amide bonds. The Morgan fingerprint density at radius 1 is 1.23 bits per heavy atom. The van der Waals surface area contributed by atoms with Gasteiger partial charge >= 0.3 is 11.9 Å². The van der Waals surface area contributed by atoms with Crippen LogP contribution in [0.4, 0.5) is 0 Å². The number of aromatic nitrogens is 1. The number of carboxylic acid groups (broad SMARTS) is 2. The number of aliphatic carboxylic acids is 2. The van der Waals surface area contributed by atoms with Gasteiger partial charge in [0, 0.05) is 31.4 Å². The van der Waals surface area contributed by atoms with Crippen molar-refractivity contribution in [3.63, 3.8) is 0 Å². The highest BCUT2D eigenvalue weighted by Gasteiger charge is 2.16.